The van der Waals surface area contributed by atoms with Crippen molar-refractivity contribution in [2.45, 2.75) is 19.9 Å². The largest absolute Gasteiger partial charge is 0.305 e. The van der Waals surface area contributed by atoms with Crippen molar-refractivity contribution < 1.29 is 0 Å². The molecule has 5 heteroatoms. The standard InChI is InChI=1S/C10H13N3S2/c1-6-7(2)15-10(13-6)8(11-3)9-12-4-5-14-9/h4-5,8,11H,1-3H3. The lowest BCUT2D eigenvalue weighted by molar-refractivity contribution is 0.680. The Morgan fingerprint density at radius 1 is 1.33 bits per heavy atom. The second-order valence-corrected chi connectivity index (χ2v) is 5.45. The predicted molar refractivity (Wildman–Crippen MR) is 64.6 cm³/mol. The Hall–Kier alpha value is -0.780. The molecule has 15 heavy (non-hydrogen) atoms. The Bertz CT molecular complexity index is 414. The van der Waals surface area contributed by atoms with Crippen molar-refractivity contribution in [1.82, 2.24) is 15.3 Å². The first kappa shape index (κ1) is 10.7. The van der Waals surface area contributed by atoms with Crippen LogP contribution in [0.4, 0.5) is 0 Å². The second kappa shape index (κ2) is 4.38. The van der Waals surface area contributed by atoms with E-state index in [0.717, 1.165) is 15.7 Å². The zero-order chi connectivity index (χ0) is 10.8. The molecule has 0 saturated carbocycles. The van der Waals surface area contributed by atoms with Gasteiger partial charge in [-0.1, -0.05) is 0 Å². The fourth-order valence-corrected chi connectivity index (χ4v) is 3.21. The van der Waals surface area contributed by atoms with Crippen LogP contribution in [-0.4, -0.2) is 17.0 Å². The van der Waals surface area contributed by atoms with Gasteiger partial charge in [-0.25, -0.2) is 9.97 Å². The molecule has 0 saturated heterocycles. The summed E-state index contributed by atoms with van der Waals surface area (Å²) in [7, 11) is 1.94. The normalized spacial score (nSPS) is 13.0. The number of thiazole rings is 2. The highest BCUT2D eigenvalue weighted by Gasteiger charge is 2.18. The van der Waals surface area contributed by atoms with E-state index in [2.05, 4.69) is 22.2 Å². The number of rotatable bonds is 3. The van der Waals surface area contributed by atoms with Crippen LogP contribution in [0.25, 0.3) is 0 Å². The van der Waals surface area contributed by atoms with Gasteiger partial charge in [0.05, 0.1) is 5.69 Å². The maximum Gasteiger partial charge on any atom is 0.117 e. The van der Waals surface area contributed by atoms with Crippen molar-refractivity contribution in [3.63, 3.8) is 0 Å². The van der Waals surface area contributed by atoms with Crippen molar-refractivity contribution in [3.8, 4) is 0 Å². The number of nitrogens with zero attached hydrogens (tertiary/aromatic N) is 2. The highest BCUT2D eigenvalue weighted by atomic mass is 32.1. The van der Waals surface area contributed by atoms with E-state index in [-0.39, 0.29) is 6.04 Å². The summed E-state index contributed by atoms with van der Waals surface area (Å²) in [6, 6.07) is 0.141. The second-order valence-electron chi connectivity index (χ2n) is 3.29. The quantitative estimate of drug-likeness (QED) is 0.894. The summed E-state index contributed by atoms with van der Waals surface area (Å²) < 4.78 is 0. The molecule has 2 heterocycles. The molecule has 0 aliphatic heterocycles. The van der Waals surface area contributed by atoms with Gasteiger partial charge in [0, 0.05) is 16.5 Å². The smallest absolute Gasteiger partial charge is 0.117 e. The van der Waals surface area contributed by atoms with E-state index in [9.17, 15) is 0 Å². The van der Waals surface area contributed by atoms with Gasteiger partial charge in [0.1, 0.15) is 16.1 Å². The SMILES string of the molecule is CNC(c1nccs1)c1nc(C)c(C)s1. The zero-order valence-electron chi connectivity index (χ0n) is 8.94. The molecular formula is C10H13N3S2. The first-order valence-electron chi connectivity index (χ1n) is 4.73. The van der Waals surface area contributed by atoms with Gasteiger partial charge in [0.2, 0.25) is 0 Å². The molecule has 0 aliphatic carbocycles. The third-order valence-electron chi connectivity index (χ3n) is 2.28. The molecule has 0 aromatic carbocycles. The minimum Gasteiger partial charge on any atom is -0.305 e. The van der Waals surface area contributed by atoms with Crippen LogP contribution < -0.4 is 5.32 Å². The van der Waals surface area contributed by atoms with Crippen LogP contribution in [0.2, 0.25) is 0 Å². The van der Waals surface area contributed by atoms with Gasteiger partial charge in [-0.2, -0.15) is 0 Å². The average molecular weight is 239 g/mol. The summed E-state index contributed by atoms with van der Waals surface area (Å²) >= 11 is 3.40. The van der Waals surface area contributed by atoms with Crippen LogP contribution in [0.1, 0.15) is 26.6 Å². The molecule has 0 spiro atoms. The van der Waals surface area contributed by atoms with E-state index in [0.29, 0.717) is 0 Å². The van der Waals surface area contributed by atoms with E-state index >= 15 is 0 Å². The Balaban J connectivity index is 2.35. The van der Waals surface area contributed by atoms with E-state index in [1.54, 1.807) is 22.7 Å². The lowest BCUT2D eigenvalue weighted by Gasteiger charge is -2.09. The molecule has 2 rings (SSSR count). The van der Waals surface area contributed by atoms with Gasteiger partial charge in [-0.05, 0) is 20.9 Å². The number of nitrogens with one attached hydrogen (secondary N) is 1. The van der Waals surface area contributed by atoms with Crippen molar-refractivity contribution in [2.24, 2.45) is 0 Å². The van der Waals surface area contributed by atoms with E-state index in [4.69, 9.17) is 0 Å². The van der Waals surface area contributed by atoms with E-state index < -0.39 is 0 Å². The third kappa shape index (κ3) is 2.09. The molecule has 2 aromatic rings. The van der Waals surface area contributed by atoms with Gasteiger partial charge in [-0.15, -0.1) is 22.7 Å². The first-order valence-corrected chi connectivity index (χ1v) is 6.42. The molecule has 1 unspecified atom stereocenters. The maximum atomic E-state index is 4.56. The van der Waals surface area contributed by atoms with E-state index in [1.165, 1.54) is 4.88 Å². The van der Waals surface area contributed by atoms with Crippen molar-refractivity contribution in [3.05, 3.63) is 32.2 Å². The molecule has 2 aromatic heterocycles. The molecule has 3 nitrogen and oxygen atoms in total. The minimum absolute atomic E-state index is 0.141. The van der Waals surface area contributed by atoms with Crippen LogP contribution in [0, 0.1) is 13.8 Å². The summed E-state index contributed by atoms with van der Waals surface area (Å²) in [5.41, 5.74) is 1.12. The summed E-state index contributed by atoms with van der Waals surface area (Å²) in [6.45, 7) is 4.15. The van der Waals surface area contributed by atoms with Crippen LogP contribution in [0.3, 0.4) is 0 Å². The summed E-state index contributed by atoms with van der Waals surface area (Å²) in [5.74, 6) is 0. The number of aromatic nitrogens is 2. The molecule has 1 N–H and O–H groups in total. The molecule has 0 aliphatic rings. The Kier molecular flexibility index (Phi) is 3.14. The number of hydrogen-bond donors (Lipinski definition) is 1. The monoisotopic (exact) mass is 239 g/mol. The lowest BCUT2D eigenvalue weighted by atomic mass is 10.3. The molecule has 80 valence electrons. The average Bonchev–Trinajstić information content (AvgIpc) is 2.80. The predicted octanol–water partition coefficient (Wildman–Crippen LogP) is 2.53. The fraction of sp³-hybridized carbons (Fsp3) is 0.400. The van der Waals surface area contributed by atoms with Gasteiger partial charge < -0.3 is 5.32 Å². The third-order valence-corrected chi connectivity index (χ3v) is 4.26. The molecule has 0 fully saturated rings. The number of aryl methyl sites for hydroxylation is 2. The molecule has 0 radical (unpaired) electrons. The lowest BCUT2D eigenvalue weighted by Crippen LogP contribution is -2.17. The maximum absolute atomic E-state index is 4.56. The number of hydrogen-bond acceptors (Lipinski definition) is 5. The molecular weight excluding hydrogens is 226 g/mol. The van der Waals surface area contributed by atoms with Crippen LogP contribution >= 0.6 is 22.7 Å². The zero-order valence-corrected chi connectivity index (χ0v) is 10.6. The summed E-state index contributed by atoms with van der Waals surface area (Å²) in [5, 5.41) is 7.42. The molecule has 0 bridgehead atoms. The highest BCUT2D eigenvalue weighted by molar-refractivity contribution is 7.12. The Labute approximate surface area is 97.2 Å². The summed E-state index contributed by atoms with van der Waals surface area (Å²) in [6.07, 6.45) is 1.83. The van der Waals surface area contributed by atoms with E-state index in [1.807, 2.05) is 25.5 Å². The molecule has 1 atom stereocenters. The summed E-state index contributed by atoms with van der Waals surface area (Å²) in [4.78, 5) is 10.2. The van der Waals surface area contributed by atoms with Gasteiger partial charge >= 0.3 is 0 Å². The minimum atomic E-state index is 0.141. The van der Waals surface area contributed by atoms with Gasteiger partial charge in [-0.3, -0.25) is 0 Å². The van der Waals surface area contributed by atoms with Crippen LogP contribution in [0.5, 0.6) is 0 Å². The fourth-order valence-electron chi connectivity index (χ4n) is 1.35. The van der Waals surface area contributed by atoms with Crippen molar-refractivity contribution in [1.29, 1.82) is 0 Å². The van der Waals surface area contributed by atoms with Crippen LogP contribution in [-0.2, 0) is 0 Å². The van der Waals surface area contributed by atoms with Gasteiger partial charge in [0.25, 0.3) is 0 Å². The van der Waals surface area contributed by atoms with Crippen molar-refractivity contribution >= 4 is 22.7 Å². The highest BCUT2D eigenvalue weighted by Crippen LogP contribution is 2.28. The Morgan fingerprint density at radius 3 is 2.60 bits per heavy atom. The topological polar surface area (TPSA) is 37.8 Å². The molecule has 0 amide bonds. The van der Waals surface area contributed by atoms with Crippen molar-refractivity contribution in [2.75, 3.05) is 7.05 Å². The first-order chi connectivity index (χ1) is 7.22. The van der Waals surface area contributed by atoms with Crippen LogP contribution in [0.15, 0.2) is 11.6 Å². The Morgan fingerprint density at radius 2 is 2.13 bits per heavy atom. The van der Waals surface area contributed by atoms with Gasteiger partial charge in [0.15, 0.2) is 0 Å².